The first-order valence-electron chi connectivity index (χ1n) is 5.80. The molecular formula is C11H19NO3. The lowest BCUT2D eigenvalue weighted by Crippen LogP contribution is -2.41. The van der Waals surface area contributed by atoms with Crippen LogP contribution in [0.1, 0.15) is 25.7 Å². The van der Waals surface area contributed by atoms with Gasteiger partial charge in [-0.1, -0.05) is 0 Å². The Bertz CT molecular complexity index is 240. The highest BCUT2D eigenvalue weighted by atomic mass is 16.4. The fourth-order valence-corrected chi connectivity index (χ4v) is 2.60. The van der Waals surface area contributed by atoms with Gasteiger partial charge in [0.25, 0.3) is 0 Å². The summed E-state index contributed by atoms with van der Waals surface area (Å²) in [5, 5.41) is 18.0. The fraction of sp³-hybridized carbons (Fsp3) is 0.909. The number of hydrogen-bond acceptors (Lipinski definition) is 3. The maximum Gasteiger partial charge on any atom is 0.321 e. The van der Waals surface area contributed by atoms with Crippen LogP contribution in [-0.2, 0) is 4.79 Å². The van der Waals surface area contributed by atoms with Gasteiger partial charge < -0.3 is 10.2 Å². The van der Waals surface area contributed by atoms with Gasteiger partial charge in [0.05, 0.1) is 0 Å². The third kappa shape index (κ3) is 2.49. The average molecular weight is 213 g/mol. The molecule has 1 saturated carbocycles. The lowest BCUT2D eigenvalue weighted by molar-refractivity contribution is -0.143. The summed E-state index contributed by atoms with van der Waals surface area (Å²) in [5.41, 5.74) is 0. The lowest BCUT2D eigenvalue weighted by Gasteiger charge is -2.23. The molecule has 0 aromatic carbocycles. The Morgan fingerprint density at radius 2 is 2.13 bits per heavy atom. The topological polar surface area (TPSA) is 60.8 Å². The Kier molecular flexibility index (Phi) is 3.26. The first-order chi connectivity index (χ1) is 7.22. The second kappa shape index (κ2) is 4.49. The molecule has 0 bridgehead atoms. The predicted molar refractivity (Wildman–Crippen MR) is 55.5 cm³/mol. The van der Waals surface area contributed by atoms with Crippen LogP contribution >= 0.6 is 0 Å². The van der Waals surface area contributed by atoms with Gasteiger partial charge in [0.2, 0.25) is 0 Å². The Morgan fingerprint density at radius 1 is 1.40 bits per heavy atom. The average Bonchev–Trinajstić information content (AvgIpc) is 2.88. The number of hydrogen-bond donors (Lipinski definition) is 2. The zero-order valence-corrected chi connectivity index (χ0v) is 8.93. The first-order valence-corrected chi connectivity index (χ1v) is 5.80. The van der Waals surface area contributed by atoms with Gasteiger partial charge in [0.1, 0.15) is 6.04 Å². The molecule has 86 valence electrons. The summed E-state index contributed by atoms with van der Waals surface area (Å²) in [6.45, 7) is 1.96. The number of aliphatic hydroxyl groups is 1. The molecule has 2 N–H and O–H groups in total. The standard InChI is InChI=1S/C11H19NO3/c13-6-4-8-3-5-12(7-8)10(11(14)15)9-1-2-9/h8-10,13H,1-7H2,(H,14,15). The van der Waals surface area contributed by atoms with Crippen LogP contribution in [0, 0.1) is 11.8 Å². The van der Waals surface area contributed by atoms with Crippen LogP contribution in [-0.4, -0.2) is 46.8 Å². The molecule has 1 aliphatic heterocycles. The van der Waals surface area contributed by atoms with Gasteiger partial charge >= 0.3 is 5.97 Å². The van der Waals surface area contributed by atoms with E-state index in [1.807, 2.05) is 0 Å². The molecule has 1 heterocycles. The number of nitrogens with zero attached hydrogens (tertiary/aromatic N) is 1. The molecule has 2 fully saturated rings. The normalized spacial score (nSPS) is 29.3. The van der Waals surface area contributed by atoms with Crippen LogP contribution in [0.3, 0.4) is 0 Å². The van der Waals surface area contributed by atoms with E-state index in [0.717, 1.165) is 38.8 Å². The lowest BCUT2D eigenvalue weighted by atomic mass is 10.1. The van der Waals surface area contributed by atoms with Crippen LogP contribution in [0.5, 0.6) is 0 Å². The van der Waals surface area contributed by atoms with Gasteiger partial charge in [-0.15, -0.1) is 0 Å². The second-order valence-corrected chi connectivity index (χ2v) is 4.78. The van der Waals surface area contributed by atoms with Crippen LogP contribution in [0.2, 0.25) is 0 Å². The highest BCUT2D eigenvalue weighted by Crippen LogP contribution is 2.37. The van der Waals surface area contributed by atoms with Crippen molar-refractivity contribution in [2.75, 3.05) is 19.7 Å². The molecule has 0 amide bonds. The van der Waals surface area contributed by atoms with Gasteiger partial charge in [0.15, 0.2) is 0 Å². The third-order valence-corrected chi connectivity index (χ3v) is 3.57. The minimum atomic E-state index is -0.665. The van der Waals surface area contributed by atoms with Gasteiger partial charge in [-0.25, -0.2) is 0 Å². The molecule has 2 unspecified atom stereocenters. The minimum absolute atomic E-state index is 0.222. The number of carboxylic acids is 1. The van der Waals surface area contributed by atoms with E-state index in [2.05, 4.69) is 4.90 Å². The molecule has 0 aromatic heterocycles. The van der Waals surface area contributed by atoms with Crippen LogP contribution < -0.4 is 0 Å². The molecular weight excluding hydrogens is 194 g/mol. The van der Waals surface area contributed by atoms with Crippen molar-refractivity contribution < 1.29 is 15.0 Å². The van der Waals surface area contributed by atoms with Crippen molar-refractivity contribution in [1.29, 1.82) is 0 Å². The molecule has 1 aliphatic carbocycles. The van der Waals surface area contributed by atoms with Crippen molar-refractivity contribution >= 4 is 5.97 Å². The number of carboxylic acid groups (broad SMARTS) is 1. The number of rotatable bonds is 5. The highest BCUT2D eigenvalue weighted by molar-refractivity contribution is 5.74. The number of aliphatic hydroxyl groups excluding tert-OH is 1. The van der Waals surface area contributed by atoms with E-state index in [9.17, 15) is 4.79 Å². The number of aliphatic carboxylic acids is 1. The monoisotopic (exact) mass is 213 g/mol. The molecule has 15 heavy (non-hydrogen) atoms. The molecule has 2 aliphatic rings. The summed E-state index contributed by atoms with van der Waals surface area (Å²) >= 11 is 0. The zero-order valence-electron chi connectivity index (χ0n) is 8.93. The summed E-state index contributed by atoms with van der Waals surface area (Å²) in [6.07, 6.45) is 3.99. The summed E-state index contributed by atoms with van der Waals surface area (Å²) in [4.78, 5) is 13.2. The smallest absolute Gasteiger partial charge is 0.321 e. The van der Waals surface area contributed by atoms with E-state index in [-0.39, 0.29) is 12.6 Å². The van der Waals surface area contributed by atoms with E-state index in [1.165, 1.54) is 0 Å². The maximum absolute atomic E-state index is 11.1. The zero-order chi connectivity index (χ0) is 10.8. The van der Waals surface area contributed by atoms with E-state index in [1.54, 1.807) is 0 Å². The molecule has 2 atom stereocenters. The Hall–Kier alpha value is -0.610. The molecule has 4 nitrogen and oxygen atoms in total. The fourth-order valence-electron chi connectivity index (χ4n) is 2.60. The largest absolute Gasteiger partial charge is 0.480 e. The number of carbonyl (C=O) groups is 1. The molecule has 0 aromatic rings. The maximum atomic E-state index is 11.1. The van der Waals surface area contributed by atoms with E-state index in [0.29, 0.717) is 11.8 Å². The van der Waals surface area contributed by atoms with Crippen molar-refractivity contribution in [2.45, 2.75) is 31.7 Å². The Morgan fingerprint density at radius 3 is 2.67 bits per heavy atom. The molecule has 1 saturated heterocycles. The highest BCUT2D eigenvalue weighted by Gasteiger charge is 2.42. The van der Waals surface area contributed by atoms with Crippen molar-refractivity contribution in [3.05, 3.63) is 0 Å². The van der Waals surface area contributed by atoms with E-state index in [4.69, 9.17) is 10.2 Å². The van der Waals surface area contributed by atoms with Crippen LogP contribution in [0.25, 0.3) is 0 Å². The SMILES string of the molecule is O=C(O)C(C1CC1)N1CCC(CCO)C1. The molecule has 0 radical (unpaired) electrons. The van der Waals surface area contributed by atoms with Gasteiger partial charge in [-0.2, -0.15) is 0 Å². The Balaban J connectivity index is 1.89. The van der Waals surface area contributed by atoms with E-state index < -0.39 is 5.97 Å². The van der Waals surface area contributed by atoms with Gasteiger partial charge in [0, 0.05) is 13.2 Å². The number of likely N-dealkylation sites (tertiary alicyclic amines) is 1. The quantitative estimate of drug-likeness (QED) is 0.700. The first kappa shape index (κ1) is 10.9. The second-order valence-electron chi connectivity index (χ2n) is 4.78. The van der Waals surface area contributed by atoms with Crippen molar-refractivity contribution in [3.8, 4) is 0 Å². The van der Waals surface area contributed by atoms with Gasteiger partial charge in [-0.05, 0) is 44.1 Å². The van der Waals surface area contributed by atoms with Crippen molar-refractivity contribution in [1.82, 2.24) is 4.90 Å². The molecule has 2 rings (SSSR count). The van der Waals surface area contributed by atoms with Crippen LogP contribution in [0.15, 0.2) is 0 Å². The summed E-state index contributed by atoms with van der Waals surface area (Å²) in [6, 6.07) is -0.256. The summed E-state index contributed by atoms with van der Waals surface area (Å²) < 4.78 is 0. The summed E-state index contributed by atoms with van der Waals surface area (Å²) in [5.74, 6) is 0.216. The Labute approximate surface area is 89.9 Å². The van der Waals surface area contributed by atoms with Crippen LogP contribution in [0.4, 0.5) is 0 Å². The molecule has 0 spiro atoms. The minimum Gasteiger partial charge on any atom is -0.480 e. The van der Waals surface area contributed by atoms with E-state index >= 15 is 0 Å². The van der Waals surface area contributed by atoms with Crippen molar-refractivity contribution in [2.24, 2.45) is 11.8 Å². The predicted octanol–water partition coefficient (Wildman–Crippen LogP) is 0.554. The summed E-state index contributed by atoms with van der Waals surface area (Å²) in [7, 11) is 0. The third-order valence-electron chi connectivity index (χ3n) is 3.57. The van der Waals surface area contributed by atoms with Gasteiger partial charge in [-0.3, -0.25) is 9.69 Å². The molecule has 4 heteroatoms. The van der Waals surface area contributed by atoms with Crippen molar-refractivity contribution in [3.63, 3.8) is 0 Å².